The van der Waals surface area contributed by atoms with E-state index in [2.05, 4.69) is 55.6 Å². The van der Waals surface area contributed by atoms with Crippen LogP contribution in [0.1, 0.15) is 335 Å². The maximum absolute atomic E-state index is 13.2. The lowest BCUT2D eigenvalue weighted by molar-refractivity contribution is -0.303. The number of carbonyl (C=O) groups excluding carboxylic acids is 1. The molecule has 9 unspecified atom stereocenters. The van der Waals surface area contributed by atoms with Gasteiger partial charge in [0, 0.05) is 0 Å². The smallest absolute Gasteiger partial charge is 0.249 e. The van der Waals surface area contributed by atoms with Gasteiger partial charge in [-0.1, -0.05) is 301 Å². The summed E-state index contributed by atoms with van der Waals surface area (Å²) in [4.78, 5) is 13.2. The zero-order valence-corrected chi connectivity index (χ0v) is 52.8. The molecule has 0 aromatic rings. The van der Waals surface area contributed by atoms with Crippen LogP contribution in [0.2, 0.25) is 0 Å². The maximum Gasteiger partial charge on any atom is 0.249 e. The third-order valence-electron chi connectivity index (χ3n) is 16.9. The molecule has 478 valence electrons. The minimum Gasteiger partial charge on any atom is -0.394 e. The van der Waals surface area contributed by atoms with E-state index in [0.717, 1.165) is 51.4 Å². The average molecular weight is 1150 g/mol. The van der Waals surface area contributed by atoms with Gasteiger partial charge in [-0.3, -0.25) is 4.79 Å². The molecule has 11 heteroatoms. The van der Waals surface area contributed by atoms with E-state index in [9.17, 15) is 40.5 Å². The van der Waals surface area contributed by atoms with Crippen molar-refractivity contribution in [2.75, 3.05) is 13.2 Å². The highest BCUT2D eigenvalue weighted by atomic mass is 16.7. The van der Waals surface area contributed by atoms with Gasteiger partial charge in [0.1, 0.15) is 36.6 Å². The molecule has 81 heavy (non-hydrogen) atoms. The second-order valence-electron chi connectivity index (χ2n) is 24.6. The lowest BCUT2D eigenvalue weighted by Crippen LogP contribution is -2.60. The van der Waals surface area contributed by atoms with E-state index in [0.29, 0.717) is 12.8 Å². The summed E-state index contributed by atoms with van der Waals surface area (Å²) < 4.78 is 11.2. The van der Waals surface area contributed by atoms with Crippen LogP contribution in [-0.2, 0) is 14.3 Å². The van der Waals surface area contributed by atoms with E-state index in [4.69, 9.17) is 9.47 Å². The Morgan fingerprint density at radius 3 is 1.14 bits per heavy atom. The molecule has 0 radical (unpaired) electrons. The van der Waals surface area contributed by atoms with Crippen molar-refractivity contribution >= 4 is 5.91 Å². The predicted molar refractivity (Wildman–Crippen MR) is 339 cm³/mol. The van der Waals surface area contributed by atoms with Gasteiger partial charge >= 0.3 is 0 Å². The zero-order valence-electron chi connectivity index (χ0n) is 52.8. The van der Waals surface area contributed by atoms with Crippen molar-refractivity contribution in [1.29, 1.82) is 0 Å². The number of aliphatic hydroxyl groups is 7. The van der Waals surface area contributed by atoms with Crippen molar-refractivity contribution in [3.8, 4) is 0 Å². The lowest BCUT2D eigenvalue weighted by Gasteiger charge is -2.40. The highest BCUT2D eigenvalue weighted by Gasteiger charge is 2.44. The molecule has 1 aliphatic heterocycles. The first kappa shape index (κ1) is 77.3. The molecule has 0 saturated carbocycles. The van der Waals surface area contributed by atoms with Crippen LogP contribution in [0.25, 0.3) is 0 Å². The average Bonchev–Trinajstić information content (AvgIpc) is 3.51. The molecule has 1 heterocycles. The normalized spacial score (nSPS) is 19.3. The van der Waals surface area contributed by atoms with Gasteiger partial charge in [-0.2, -0.15) is 0 Å². The molecule has 1 fully saturated rings. The molecule has 0 spiro atoms. The first-order valence-electron chi connectivity index (χ1n) is 34.9. The Balaban J connectivity index is 2.23. The molecule has 0 bridgehead atoms. The van der Waals surface area contributed by atoms with Gasteiger partial charge in [0.2, 0.25) is 5.91 Å². The fourth-order valence-corrected chi connectivity index (χ4v) is 11.3. The summed E-state index contributed by atoms with van der Waals surface area (Å²) in [5.41, 5.74) is 0. The third-order valence-corrected chi connectivity index (χ3v) is 16.9. The van der Waals surface area contributed by atoms with Crippen molar-refractivity contribution in [1.82, 2.24) is 5.32 Å². The van der Waals surface area contributed by atoms with Crippen LogP contribution >= 0.6 is 0 Å². The van der Waals surface area contributed by atoms with Crippen molar-refractivity contribution in [3.63, 3.8) is 0 Å². The zero-order chi connectivity index (χ0) is 58.9. The molecule has 1 amide bonds. The minimum absolute atomic E-state index is 0.248. The largest absolute Gasteiger partial charge is 0.394 e. The molecule has 1 rings (SSSR count). The van der Waals surface area contributed by atoms with Crippen molar-refractivity contribution < 1.29 is 50.0 Å². The number of amides is 1. The van der Waals surface area contributed by atoms with Gasteiger partial charge in [0.05, 0.1) is 25.4 Å². The number of unbranched alkanes of at least 4 members (excludes halogenated alkanes) is 43. The number of hydrogen-bond acceptors (Lipinski definition) is 10. The van der Waals surface area contributed by atoms with E-state index in [1.807, 2.05) is 0 Å². The topological polar surface area (TPSA) is 189 Å². The first-order valence-corrected chi connectivity index (χ1v) is 34.9. The van der Waals surface area contributed by atoms with Crippen molar-refractivity contribution in [2.45, 2.75) is 390 Å². The number of hydrogen-bond donors (Lipinski definition) is 8. The fourth-order valence-electron chi connectivity index (χ4n) is 11.3. The second kappa shape index (κ2) is 58.7. The van der Waals surface area contributed by atoms with Gasteiger partial charge in [0.15, 0.2) is 6.29 Å². The number of carbonyl (C=O) groups is 1. The highest BCUT2D eigenvalue weighted by molar-refractivity contribution is 5.80. The summed E-state index contributed by atoms with van der Waals surface area (Å²) in [6, 6.07) is -1.19. The van der Waals surface area contributed by atoms with Crippen LogP contribution in [-0.4, -0.2) is 110 Å². The first-order chi connectivity index (χ1) is 39.7. The second-order valence-corrected chi connectivity index (χ2v) is 24.6. The predicted octanol–water partition coefficient (Wildman–Crippen LogP) is 16.6. The minimum atomic E-state index is -1.67. The quantitative estimate of drug-likeness (QED) is 0.0215. The van der Waals surface area contributed by atoms with Crippen molar-refractivity contribution in [3.05, 3.63) is 36.5 Å². The molecule has 1 aliphatic rings. The van der Waals surface area contributed by atoms with Gasteiger partial charge in [-0.05, 0) is 70.6 Å². The van der Waals surface area contributed by atoms with E-state index in [1.165, 1.54) is 244 Å². The maximum atomic E-state index is 13.2. The molecule has 8 N–H and O–H groups in total. The molecule has 11 nitrogen and oxygen atoms in total. The number of aliphatic hydroxyl groups excluding tert-OH is 7. The Morgan fingerprint density at radius 1 is 0.432 bits per heavy atom. The molecule has 9 atom stereocenters. The molecule has 0 aliphatic carbocycles. The Kier molecular flexibility index (Phi) is 56.0. The Hall–Kier alpha value is -1.67. The van der Waals surface area contributed by atoms with Crippen LogP contribution in [0.4, 0.5) is 0 Å². The fraction of sp³-hybridized carbons (Fsp3) is 0.900. The van der Waals surface area contributed by atoms with Gasteiger partial charge in [-0.15, -0.1) is 0 Å². The summed E-state index contributed by atoms with van der Waals surface area (Å²) in [6.07, 6.45) is 63.7. The van der Waals surface area contributed by atoms with Gasteiger partial charge in [0.25, 0.3) is 0 Å². The van der Waals surface area contributed by atoms with E-state index in [-0.39, 0.29) is 12.8 Å². The summed E-state index contributed by atoms with van der Waals surface area (Å²) in [5, 5.41) is 76.5. The summed E-state index contributed by atoms with van der Waals surface area (Å²) in [7, 11) is 0. The number of nitrogens with one attached hydrogen (secondary N) is 1. The molecule has 1 saturated heterocycles. The van der Waals surface area contributed by atoms with Crippen LogP contribution < -0.4 is 5.32 Å². The summed E-state index contributed by atoms with van der Waals surface area (Å²) in [6.45, 7) is 3.49. The molecular weight excluding hydrogens is 1010 g/mol. The Bertz CT molecular complexity index is 1410. The van der Waals surface area contributed by atoms with Gasteiger partial charge in [-0.25, -0.2) is 0 Å². The van der Waals surface area contributed by atoms with Crippen LogP contribution in [0.15, 0.2) is 36.5 Å². The Labute approximate surface area is 498 Å². The van der Waals surface area contributed by atoms with Crippen LogP contribution in [0.5, 0.6) is 0 Å². The summed E-state index contributed by atoms with van der Waals surface area (Å²) >= 11 is 0. The molecule has 0 aromatic carbocycles. The Morgan fingerprint density at radius 2 is 0.765 bits per heavy atom. The van der Waals surface area contributed by atoms with Gasteiger partial charge < -0.3 is 50.5 Å². The monoisotopic (exact) mass is 1150 g/mol. The third kappa shape index (κ3) is 46.3. The number of rotatable bonds is 61. The highest BCUT2D eigenvalue weighted by Crippen LogP contribution is 2.24. The standard InChI is InChI=1S/C70H133NO10/c1-3-5-7-9-11-13-15-17-19-21-23-25-27-29-30-31-32-33-34-36-37-39-41-43-45-47-49-51-53-55-57-62(73)65(75)61(60-80-70-68(78)67(77)66(76)64(59-72)81-70)71-69(79)63(74)58-56-54-52-50-48-46-44-42-40-38-35-28-26-24-22-20-18-16-14-12-10-8-6-4-2/h24,26,35,38,49,51,61-68,70,72-78H,3-23,25,27-34,36-37,39-48,50,52-60H2,1-2H3,(H,71,79)/b26-24-,38-35-,51-49+. The van der Waals surface area contributed by atoms with Crippen molar-refractivity contribution in [2.24, 2.45) is 0 Å². The van der Waals surface area contributed by atoms with E-state index < -0.39 is 74.2 Å². The van der Waals surface area contributed by atoms with Crippen LogP contribution in [0, 0.1) is 0 Å². The van der Waals surface area contributed by atoms with E-state index in [1.54, 1.807) is 0 Å². The number of allylic oxidation sites excluding steroid dienone is 6. The van der Waals surface area contributed by atoms with Crippen LogP contribution in [0.3, 0.4) is 0 Å². The van der Waals surface area contributed by atoms with E-state index >= 15 is 0 Å². The molecule has 0 aromatic heterocycles. The summed E-state index contributed by atoms with van der Waals surface area (Å²) in [5.74, 6) is -0.707. The molecular formula is C70H133NO10. The SMILES string of the molecule is CCCCCCCCCCC/C=C\C/C=C\CCCCCCCCCCC(O)C(=O)NC(COC1OC(CO)C(O)C(O)C1O)C(O)C(O)CCC/C=C/CCCCCCCCCCCCCCCCCCCCCCCCCCC. The lowest BCUT2D eigenvalue weighted by atomic mass is 9.98. The number of ether oxygens (including phenoxy) is 2.